The van der Waals surface area contributed by atoms with Crippen molar-refractivity contribution in [2.45, 2.75) is 19.3 Å². The number of aromatic nitrogens is 3. The van der Waals surface area contributed by atoms with Crippen LogP contribution < -0.4 is 0 Å². The Morgan fingerprint density at radius 1 is 0.569 bits per heavy atom. The lowest BCUT2D eigenvalue weighted by atomic mass is 9.80. The molecule has 4 nitrogen and oxygen atoms in total. The van der Waals surface area contributed by atoms with Gasteiger partial charge in [-0.3, -0.25) is 0 Å². The molecule has 0 unspecified atom stereocenters. The van der Waals surface area contributed by atoms with Crippen molar-refractivity contribution >= 4 is 54.6 Å². The van der Waals surface area contributed by atoms with Crippen LogP contribution in [0, 0.1) is 0 Å². The minimum Gasteiger partial charge on any atom is -0.454 e. The van der Waals surface area contributed by atoms with Gasteiger partial charge >= 0.3 is 0 Å². The molecule has 51 heavy (non-hydrogen) atoms. The van der Waals surface area contributed by atoms with Gasteiger partial charge in [-0.05, 0) is 64.7 Å². The van der Waals surface area contributed by atoms with Crippen LogP contribution in [-0.4, -0.2) is 14.5 Å². The summed E-state index contributed by atoms with van der Waals surface area (Å²) in [6.07, 6.45) is 0. The lowest BCUT2D eigenvalue weighted by Gasteiger charge is -2.23. The third-order valence-electron chi connectivity index (χ3n) is 11.0. The zero-order valence-corrected chi connectivity index (χ0v) is 28.2. The van der Waals surface area contributed by atoms with Crippen LogP contribution in [0.5, 0.6) is 0 Å². The van der Waals surface area contributed by atoms with Gasteiger partial charge in [-0.25, -0.2) is 9.97 Å². The molecule has 3 heterocycles. The average Bonchev–Trinajstić information content (AvgIpc) is 3.81. The second-order valence-electron chi connectivity index (χ2n) is 14.1. The van der Waals surface area contributed by atoms with Gasteiger partial charge in [-0.1, -0.05) is 123 Å². The summed E-state index contributed by atoms with van der Waals surface area (Å²) in [5, 5.41) is 5.85. The highest BCUT2D eigenvalue weighted by atomic mass is 16.3. The Bertz CT molecular complexity index is 3040. The number of benzene rings is 7. The molecule has 1 aliphatic carbocycles. The molecule has 240 valence electrons. The third kappa shape index (κ3) is 3.85. The molecule has 10 aromatic rings. The Labute approximate surface area is 294 Å². The molecule has 1 aliphatic rings. The molecule has 0 saturated carbocycles. The van der Waals surface area contributed by atoms with E-state index >= 15 is 0 Å². The van der Waals surface area contributed by atoms with Crippen LogP contribution >= 0.6 is 0 Å². The van der Waals surface area contributed by atoms with Crippen molar-refractivity contribution in [3.05, 3.63) is 163 Å². The van der Waals surface area contributed by atoms with Crippen molar-refractivity contribution in [2.75, 3.05) is 0 Å². The molecule has 0 bridgehead atoms. The first-order valence-electron chi connectivity index (χ1n) is 17.5. The van der Waals surface area contributed by atoms with Gasteiger partial charge in [0.05, 0.1) is 22.2 Å². The Morgan fingerprint density at radius 2 is 1.25 bits per heavy atom. The summed E-state index contributed by atoms with van der Waals surface area (Å²) in [5.41, 5.74) is 14.1. The minimum absolute atomic E-state index is 0.209. The third-order valence-corrected chi connectivity index (χ3v) is 11.0. The average molecular weight is 654 g/mol. The monoisotopic (exact) mass is 653 g/mol. The summed E-state index contributed by atoms with van der Waals surface area (Å²) in [6, 6.07) is 53.5. The van der Waals surface area contributed by atoms with Crippen LogP contribution in [-0.2, 0) is 5.41 Å². The number of fused-ring (bicyclic) bond motifs is 13. The van der Waals surface area contributed by atoms with Gasteiger partial charge in [0.15, 0.2) is 11.4 Å². The summed E-state index contributed by atoms with van der Waals surface area (Å²) < 4.78 is 9.31. The fourth-order valence-corrected chi connectivity index (χ4v) is 8.74. The normalized spacial score (nSPS) is 13.5. The zero-order chi connectivity index (χ0) is 33.8. The number of hydrogen-bond acceptors (Lipinski definition) is 3. The van der Waals surface area contributed by atoms with Gasteiger partial charge < -0.3 is 8.98 Å². The summed E-state index contributed by atoms with van der Waals surface area (Å²) in [5.74, 6) is 0.707. The van der Waals surface area contributed by atoms with Crippen molar-refractivity contribution < 1.29 is 4.42 Å². The number of para-hydroxylation sites is 3. The Hall–Kier alpha value is -6.52. The maximum atomic E-state index is 6.91. The van der Waals surface area contributed by atoms with E-state index in [0.717, 1.165) is 61.0 Å². The van der Waals surface area contributed by atoms with E-state index in [2.05, 4.69) is 152 Å². The fourth-order valence-electron chi connectivity index (χ4n) is 8.74. The van der Waals surface area contributed by atoms with E-state index < -0.39 is 0 Å². The molecule has 3 aromatic heterocycles. The molecular weight excluding hydrogens is 623 g/mol. The molecule has 4 heteroatoms. The van der Waals surface area contributed by atoms with Gasteiger partial charge in [0.2, 0.25) is 0 Å². The van der Waals surface area contributed by atoms with E-state index in [0.29, 0.717) is 5.82 Å². The molecule has 0 atom stereocenters. The van der Waals surface area contributed by atoms with Gasteiger partial charge in [0, 0.05) is 49.2 Å². The SMILES string of the molecule is CC1(C)c2ccccc2-c2c1c1c3ccccc3n(-c3ccc(-c4nc(-c5ccccc5)c5ccccc5n4)cc3)c1c1oc3ccccc3c21. The summed E-state index contributed by atoms with van der Waals surface area (Å²) in [4.78, 5) is 10.2. The quantitative estimate of drug-likeness (QED) is 0.191. The lowest BCUT2D eigenvalue weighted by molar-refractivity contribution is 0.663. The first-order chi connectivity index (χ1) is 25.1. The second-order valence-corrected chi connectivity index (χ2v) is 14.1. The summed E-state index contributed by atoms with van der Waals surface area (Å²) in [7, 11) is 0. The molecule has 0 amide bonds. The van der Waals surface area contributed by atoms with Crippen molar-refractivity contribution in [2.24, 2.45) is 0 Å². The van der Waals surface area contributed by atoms with Gasteiger partial charge in [0.25, 0.3) is 0 Å². The second kappa shape index (κ2) is 10.3. The smallest absolute Gasteiger partial charge is 0.160 e. The van der Waals surface area contributed by atoms with E-state index in [1.807, 2.05) is 18.2 Å². The molecule has 0 radical (unpaired) electrons. The van der Waals surface area contributed by atoms with Crippen LogP contribution in [0.15, 0.2) is 156 Å². The fraction of sp³-hybridized carbons (Fsp3) is 0.0638. The Kier molecular flexibility index (Phi) is 5.70. The first-order valence-corrected chi connectivity index (χ1v) is 17.5. The van der Waals surface area contributed by atoms with Gasteiger partial charge in [-0.15, -0.1) is 0 Å². The number of nitrogens with zero attached hydrogens (tertiary/aromatic N) is 3. The molecule has 0 fully saturated rings. The molecule has 0 saturated heterocycles. The van der Waals surface area contributed by atoms with Crippen LogP contribution in [0.3, 0.4) is 0 Å². The molecule has 11 rings (SSSR count). The largest absolute Gasteiger partial charge is 0.454 e. The van der Waals surface area contributed by atoms with Crippen LogP contribution in [0.4, 0.5) is 0 Å². The Balaban J connectivity index is 1.20. The molecule has 0 aliphatic heterocycles. The topological polar surface area (TPSA) is 43.9 Å². The van der Waals surface area contributed by atoms with Crippen molar-refractivity contribution in [1.29, 1.82) is 0 Å². The maximum absolute atomic E-state index is 6.91. The van der Waals surface area contributed by atoms with Crippen molar-refractivity contribution in [1.82, 2.24) is 14.5 Å². The standard InChI is InChI=1S/C47H31N3O/c1-47(2)35-20-10-6-16-31(35)39-40-34-19-9-13-23-38(34)51-45(40)44-41(42(39)47)33-18-8-12-22-37(33)50(44)30-26-24-29(25-27-30)46-48-36-21-11-7-17-32(36)43(49-46)28-14-4-3-5-15-28/h3-27H,1-2H3. The van der Waals surface area contributed by atoms with Crippen LogP contribution in [0.2, 0.25) is 0 Å². The molecular formula is C47H31N3O. The molecule has 0 N–H and O–H groups in total. The van der Waals surface area contributed by atoms with E-state index in [9.17, 15) is 0 Å². The molecule has 7 aromatic carbocycles. The summed E-state index contributed by atoms with van der Waals surface area (Å²) >= 11 is 0. The summed E-state index contributed by atoms with van der Waals surface area (Å²) in [6.45, 7) is 4.75. The van der Waals surface area contributed by atoms with Crippen LogP contribution in [0.25, 0.3) is 94.1 Å². The van der Waals surface area contributed by atoms with E-state index in [4.69, 9.17) is 14.4 Å². The van der Waals surface area contributed by atoms with E-state index in [1.165, 1.54) is 38.4 Å². The van der Waals surface area contributed by atoms with E-state index in [-0.39, 0.29) is 5.41 Å². The number of rotatable bonds is 3. The van der Waals surface area contributed by atoms with Crippen LogP contribution in [0.1, 0.15) is 25.0 Å². The van der Waals surface area contributed by atoms with E-state index in [1.54, 1.807) is 0 Å². The predicted molar refractivity (Wildman–Crippen MR) is 210 cm³/mol. The highest BCUT2D eigenvalue weighted by Gasteiger charge is 2.41. The lowest BCUT2D eigenvalue weighted by Crippen LogP contribution is -2.15. The maximum Gasteiger partial charge on any atom is 0.160 e. The number of furan rings is 1. The molecule has 0 spiro atoms. The van der Waals surface area contributed by atoms with Crippen molar-refractivity contribution in [3.8, 4) is 39.5 Å². The zero-order valence-electron chi connectivity index (χ0n) is 28.2. The van der Waals surface area contributed by atoms with Crippen molar-refractivity contribution in [3.63, 3.8) is 0 Å². The highest BCUT2D eigenvalue weighted by molar-refractivity contribution is 6.29. The predicted octanol–water partition coefficient (Wildman–Crippen LogP) is 12.3. The number of hydrogen-bond donors (Lipinski definition) is 0. The van der Waals surface area contributed by atoms with Gasteiger partial charge in [0.1, 0.15) is 5.58 Å². The minimum atomic E-state index is -0.209. The first kappa shape index (κ1) is 28.3. The highest BCUT2D eigenvalue weighted by Crippen LogP contribution is 2.58. The Morgan fingerprint density at radius 3 is 2.10 bits per heavy atom. The van der Waals surface area contributed by atoms with Gasteiger partial charge in [-0.2, -0.15) is 0 Å².